The lowest BCUT2D eigenvalue weighted by Gasteiger charge is -2.21. The molecular formula is C32H29F3N6O2S. The van der Waals surface area contributed by atoms with E-state index in [1.54, 1.807) is 11.8 Å². The van der Waals surface area contributed by atoms with E-state index in [1.807, 2.05) is 36.4 Å². The van der Waals surface area contributed by atoms with Crippen molar-refractivity contribution in [3.05, 3.63) is 95.9 Å². The molecule has 8 nitrogen and oxygen atoms in total. The number of urea groups is 1. The van der Waals surface area contributed by atoms with E-state index >= 15 is 0 Å². The molecule has 0 bridgehead atoms. The summed E-state index contributed by atoms with van der Waals surface area (Å²) in [5, 5.41) is 8.24. The van der Waals surface area contributed by atoms with E-state index in [4.69, 9.17) is 0 Å². The molecule has 6 rings (SSSR count). The van der Waals surface area contributed by atoms with Crippen molar-refractivity contribution in [2.24, 2.45) is 4.99 Å². The largest absolute Gasteiger partial charge is 0.573 e. The lowest BCUT2D eigenvalue weighted by molar-refractivity contribution is -0.274. The second kappa shape index (κ2) is 12.6. The Morgan fingerprint density at radius 2 is 1.77 bits per heavy atom. The van der Waals surface area contributed by atoms with Crippen LogP contribution in [-0.2, 0) is 6.42 Å². The number of rotatable bonds is 7. The van der Waals surface area contributed by atoms with Gasteiger partial charge < -0.3 is 15.0 Å². The lowest BCUT2D eigenvalue weighted by Crippen LogP contribution is -2.28. The van der Waals surface area contributed by atoms with Crippen LogP contribution >= 0.6 is 11.8 Å². The molecule has 12 heteroatoms. The maximum atomic E-state index is 13.1. The molecule has 1 aromatic heterocycles. The highest BCUT2D eigenvalue weighted by Gasteiger charge is 2.31. The molecule has 226 valence electrons. The fourth-order valence-electron chi connectivity index (χ4n) is 5.38. The fraction of sp³-hybridized carbons (Fsp3) is 0.250. The van der Waals surface area contributed by atoms with Crippen LogP contribution in [0.4, 0.5) is 23.7 Å². The van der Waals surface area contributed by atoms with Crippen LogP contribution in [0.5, 0.6) is 5.75 Å². The van der Waals surface area contributed by atoms with Gasteiger partial charge in [-0.25, -0.2) is 14.5 Å². The third kappa shape index (κ3) is 6.65. The number of halogens is 3. The molecule has 3 aromatic carbocycles. The molecule has 0 unspecified atom stereocenters. The fourth-order valence-corrected chi connectivity index (χ4v) is 6.33. The average Bonchev–Trinajstić information content (AvgIpc) is 3.79. The number of benzene rings is 3. The first kappa shape index (κ1) is 29.5. The summed E-state index contributed by atoms with van der Waals surface area (Å²) in [7, 11) is 0. The molecule has 2 amide bonds. The van der Waals surface area contributed by atoms with Crippen LogP contribution in [0.15, 0.2) is 89.8 Å². The molecule has 0 saturated carbocycles. The maximum Gasteiger partial charge on any atom is 0.573 e. The smallest absolute Gasteiger partial charge is 0.406 e. The summed E-state index contributed by atoms with van der Waals surface area (Å²) >= 11 is 1.59. The van der Waals surface area contributed by atoms with Gasteiger partial charge >= 0.3 is 12.4 Å². The number of carbonyl (C=O) groups is 1. The summed E-state index contributed by atoms with van der Waals surface area (Å²) in [6.07, 6.45) is 0.206. The molecular weight excluding hydrogens is 589 g/mol. The van der Waals surface area contributed by atoms with Crippen molar-refractivity contribution in [3.63, 3.8) is 0 Å². The summed E-state index contributed by atoms with van der Waals surface area (Å²) < 4.78 is 42.7. The van der Waals surface area contributed by atoms with E-state index in [2.05, 4.69) is 49.1 Å². The van der Waals surface area contributed by atoms with Gasteiger partial charge in [-0.3, -0.25) is 0 Å². The van der Waals surface area contributed by atoms with Crippen molar-refractivity contribution in [1.82, 2.24) is 20.1 Å². The number of hydrogen-bond donors (Lipinski definition) is 1. The molecule has 4 aromatic rings. The number of para-hydroxylation sites is 1. The van der Waals surface area contributed by atoms with Crippen molar-refractivity contribution in [2.45, 2.75) is 39.0 Å². The first-order chi connectivity index (χ1) is 21.3. The number of amides is 2. The number of anilines is 1. The number of thioether (sulfide) groups is 1. The van der Waals surface area contributed by atoms with Crippen LogP contribution < -0.4 is 15.0 Å². The van der Waals surface area contributed by atoms with Crippen LogP contribution in [0.1, 0.15) is 37.3 Å². The van der Waals surface area contributed by atoms with E-state index < -0.39 is 6.36 Å². The zero-order valence-corrected chi connectivity index (χ0v) is 24.7. The zero-order chi connectivity index (χ0) is 30.7. The van der Waals surface area contributed by atoms with Gasteiger partial charge in [-0.2, -0.15) is 4.99 Å². The minimum atomic E-state index is -4.75. The van der Waals surface area contributed by atoms with Crippen molar-refractivity contribution in [1.29, 1.82) is 0 Å². The Kier molecular flexibility index (Phi) is 8.42. The topological polar surface area (TPSA) is 84.6 Å². The van der Waals surface area contributed by atoms with Crippen LogP contribution in [-0.4, -0.2) is 44.6 Å². The quantitative estimate of drug-likeness (QED) is 0.230. The number of nitrogens with one attached hydrogen (secondary N) is 1. The van der Waals surface area contributed by atoms with Crippen LogP contribution in [0.3, 0.4) is 0 Å². The number of allylic oxidation sites excluding steroid dienone is 2. The number of aliphatic imine (C=N–C) groups is 1. The number of amidine groups is 1. The van der Waals surface area contributed by atoms with Crippen molar-refractivity contribution >= 4 is 34.2 Å². The van der Waals surface area contributed by atoms with Gasteiger partial charge in [-0.1, -0.05) is 61.2 Å². The predicted molar refractivity (Wildman–Crippen MR) is 166 cm³/mol. The first-order valence-corrected chi connectivity index (χ1v) is 15.2. The van der Waals surface area contributed by atoms with Crippen LogP contribution in [0.2, 0.25) is 0 Å². The molecule has 0 radical (unpaired) electrons. The average molecular weight is 619 g/mol. The molecule has 1 N–H and O–H groups in total. The summed E-state index contributed by atoms with van der Waals surface area (Å²) in [5.41, 5.74) is 6.62. The van der Waals surface area contributed by atoms with Crippen molar-refractivity contribution < 1.29 is 22.7 Å². The van der Waals surface area contributed by atoms with Crippen LogP contribution in [0.25, 0.3) is 22.6 Å². The number of carbonyl (C=O) groups excluding carboxylic acids is 1. The second-order valence-electron chi connectivity index (χ2n) is 10.2. The Morgan fingerprint density at radius 3 is 2.52 bits per heavy atom. The minimum absolute atomic E-state index is 0.307. The Labute approximate surface area is 256 Å². The number of ether oxygens (including phenoxy) is 1. The summed E-state index contributed by atoms with van der Waals surface area (Å²) in [6.45, 7) is 2.93. The number of aromatic nitrogens is 3. The Morgan fingerprint density at radius 1 is 1.02 bits per heavy atom. The lowest BCUT2D eigenvalue weighted by atomic mass is 10.0. The van der Waals surface area contributed by atoms with E-state index in [9.17, 15) is 18.0 Å². The van der Waals surface area contributed by atoms with Gasteiger partial charge in [-0.05, 0) is 72.7 Å². The highest BCUT2D eigenvalue weighted by Crippen LogP contribution is 2.34. The summed E-state index contributed by atoms with van der Waals surface area (Å²) in [6, 6.07) is 21.1. The molecule has 2 aliphatic rings. The van der Waals surface area contributed by atoms with E-state index in [1.165, 1.54) is 40.8 Å². The molecule has 0 spiro atoms. The molecule has 1 fully saturated rings. The Hall–Kier alpha value is -4.58. The number of hydrogen-bond acceptors (Lipinski definition) is 5. The Balaban J connectivity index is 1.14. The van der Waals surface area contributed by atoms with E-state index in [0.717, 1.165) is 66.1 Å². The van der Waals surface area contributed by atoms with E-state index in [-0.39, 0.29) is 11.8 Å². The molecule has 1 aliphatic carbocycles. The normalized spacial score (nSPS) is 16.2. The maximum absolute atomic E-state index is 13.1. The van der Waals surface area contributed by atoms with Gasteiger partial charge in [0.05, 0.1) is 5.69 Å². The molecule has 2 heterocycles. The third-order valence-corrected chi connectivity index (χ3v) is 8.39. The van der Waals surface area contributed by atoms with Gasteiger partial charge in [0, 0.05) is 29.2 Å². The standard InChI is InChI=1S/C32H29F3N6O2S/c1-2-21-6-3-4-9-28(21)40-18-19-44-31(40)38-30(42)37-27-8-5-7-26(27)22-10-12-23(13-11-22)29-36-20-41(39-29)24-14-16-25(17-15-24)43-32(33,34)35/h3-4,6,9-17,20H,2,5,7-8,18-19H2,1H3,(H,37,42)/b38-31-. The third-order valence-electron chi connectivity index (χ3n) is 7.43. The zero-order valence-electron chi connectivity index (χ0n) is 23.8. The first-order valence-electron chi connectivity index (χ1n) is 14.3. The molecule has 1 saturated heterocycles. The highest BCUT2D eigenvalue weighted by atomic mass is 32.2. The van der Waals surface area contributed by atoms with Gasteiger partial charge in [0.1, 0.15) is 12.1 Å². The Bertz CT molecular complexity index is 1720. The number of aryl methyl sites for hydroxylation is 1. The summed E-state index contributed by atoms with van der Waals surface area (Å²) in [4.78, 5) is 24.0. The van der Waals surface area contributed by atoms with Crippen LogP contribution in [0, 0.1) is 0 Å². The van der Waals surface area contributed by atoms with Gasteiger partial charge in [0.2, 0.25) is 0 Å². The number of nitrogens with zero attached hydrogens (tertiary/aromatic N) is 5. The molecule has 44 heavy (non-hydrogen) atoms. The second-order valence-corrected chi connectivity index (χ2v) is 11.3. The van der Waals surface area contributed by atoms with Gasteiger partial charge in [-0.15, -0.1) is 18.3 Å². The highest BCUT2D eigenvalue weighted by molar-refractivity contribution is 8.14. The van der Waals surface area contributed by atoms with E-state index in [0.29, 0.717) is 16.7 Å². The number of alkyl halides is 3. The molecule has 0 atom stereocenters. The monoisotopic (exact) mass is 618 g/mol. The van der Waals surface area contributed by atoms with Crippen molar-refractivity contribution in [3.8, 4) is 22.8 Å². The summed E-state index contributed by atoms with van der Waals surface area (Å²) in [5.74, 6) is 1.04. The van der Waals surface area contributed by atoms with Gasteiger partial charge in [0.15, 0.2) is 11.0 Å². The minimum Gasteiger partial charge on any atom is -0.406 e. The SMILES string of the molecule is CCc1ccccc1N1CCS/C1=N\C(=O)NC1=C(c2ccc(-c3ncn(-c4ccc(OC(F)(F)F)cc4)n3)cc2)CCC1. The predicted octanol–water partition coefficient (Wildman–Crippen LogP) is 7.61. The van der Waals surface area contributed by atoms with Crippen molar-refractivity contribution in [2.75, 3.05) is 17.2 Å². The van der Waals surface area contributed by atoms with Gasteiger partial charge in [0.25, 0.3) is 0 Å². The molecule has 1 aliphatic heterocycles.